The molecule has 186 valence electrons. The van der Waals surface area contributed by atoms with Gasteiger partial charge in [-0.15, -0.1) is 4.72 Å². The Morgan fingerprint density at radius 1 is 1.03 bits per heavy atom. The molecule has 1 aliphatic rings. The monoisotopic (exact) mass is 503 g/mol. The number of carbonyl (C=O) groups is 1. The van der Waals surface area contributed by atoms with Crippen molar-refractivity contribution in [1.82, 2.24) is 19.6 Å². The quantitative estimate of drug-likeness (QED) is 0.477. The van der Waals surface area contributed by atoms with Crippen molar-refractivity contribution in [3.05, 3.63) is 53.6 Å². The van der Waals surface area contributed by atoms with Crippen LogP contribution in [0.25, 0.3) is 0 Å². The lowest BCUT2D eigenvalue weighted by Gasteiger charge is -2.39. The fourth-order valence-corrected chi connectivity index (χ4v) is 4.37. The smallest absolute Gasteiger partial charge is 0.419 e. The zero-order valence-corrected chi connectivity index (χ0v) is 19.6. The third-order valence-electron chi connectivity index (χ3n) is 5.41. The minimum absolute atomic E-state index is 0.140. The zero-order chi connectivity index (χ0) is 25.3. The van der Waals surface area contributed by atoms with E-state index in [2.05, 4.69) is 14.7 Å². The van der Waals surface area contributed by atoms with Crippen molar-refractivity contribution in [2.75, 3.05) is 31.1 Å². The third-order valence-corrected chi connectivity index (χ3v) is 7.01. The summed E-state index contributed by atoms with van der Waals surface area (Å²) in [7, 11) is 0. The summed E-state index contributed by atoms with van der Waals surface area (Å²) in [5.41, 5.74) is -3.76. The molecule has 1 aromatic heterocycles. The van der Waals surface area contributed by atoms with Gasteiger partial charge in [0.2, 0.25) is 11.5 Å². The lowest BCUT2D eigenvalue weighted by Crippen LogP contribution is -2.59. The summed E-state index contributed by atoms with van der Waals surface area (Å²) in [5, 5.41) is 9.07. The number of hydrogen-bond acceptors (Lipinski definition) is 6. The lowest BCUT2D eigenvalue weighted by molar-refractivity contribution is -0.182. The Kier molecular flexibility index (Phi) is 7.29. The number of carboxylic acid groups (broad SMARTS) is 1. The molecule has 2 atom stereocenters. The second-order valence-electron chi connectivity index (χ2n) is 8.77. The molecule has 0 aliphatic carbocycles. The number of aromatic nitrogens is 2. The number of nitrogens with zero attached hydrogens (tertiary/aromatic N) is 4. The van der Waals surface area contributed by atoms with Crippen LogP contribution in [0, 0.1) is 5.82 Å². The first-order valence-corrected chi connectivity index (χ1v) is 11.5. The molecule has 3 rings (SSSR count). The third kappa shape index (κ3) is 5.20. The number of benzene rings is 1. The zero-order valence-electron chi connectivity index (χ0n) is 18.8. The van der Waals surface area contributed by atoms with Gasteiger partial charge in [-0.1, -0.05) is 12.1 Å². The first-order chi connectivity index (χ1) is 15.8. The Hall–Kier alpha value is -2.64. The van der Waals surface area contributed by atoms with Crippen molar-refractivity contribution in [3.63, 3.8) is 0 Å². The fraction of sp³-hybridized carbons (Fsp3) is 0.476. The molecule has 13 heteroatoms. The Morgan fingerprint density at radius 2 is 1.56 bits per heavy atom. The summed E-state index contributed by atoms with van der Waals surface area (Å²) in [5.74, 6) is -0.579. The highest BCUT2D eigenvalue weighted by Crippen LogP contribution is 2.45. The van der Waals surface area contributed by atoms with E-state index >= 15 is 0 Å². The van der Waals surface area contributed by atoms with Crippen molar-refractivity contribution in [2.45, 2.75) is 37.2 Å². The number of hydrogen-bond donors (Lipinski definition) is 2. The Bertz CT molecular complexity index is 993. The van der Waals surface area contributed by atoms with Crippen LogP contribution in [0.15, 0.2) is 36.7 Å². The van der Waals surface area contributed by atoms with Gasteiger partial charge in [-0.2, -0.15) is 13.2 Å². The maximum atomic E-state index is 14.8. The topological polar surface area (TPSA) is 105 Å². The molecule has 2 aromatic rings. The number of anilines is 1. The van der Waals surface area contributed by atoms with E-state index in [0.29, 0.717) is 0 Å². The highest BCUT2D eigenvalue weighted by molar-refractivity contribution is 7.90. The molecule has 1 amide bonds. The predicted octanol–water partition coefficient (Wildman–Crippen LogP) is 3.27. The summed E-state index contributed by atoms with van der Waals surface area (Å²) < 4.78 is 71.8. The highest BCUT2D eigenvalue weighted by atomic mass is 32.2. The van der Waals surface area contributed by atoms with Crippen LogP contribution in [0.3, 0.4) is 0 Å². The maximum Gasteiger partial charge on any atom is 0.419 e. The van der Waals surface area contributed by atoms with Gasteiger partial charge in [0.25, 0.3) is 0 Å². The molecular weight excluding hydrogens is 478 g/mol. The van der Waals surface area contributed by atoms with Gasteiger partial charge >= 0.3 is 12.3 Å². The van der Waals surface area contributed by atoms with Crippen LogP contribution >= 0.6 is 0 Å². The van der Waals surface area contributed by atoms with E-state index < -0.39 is 45.3 Å². The summed E-state index contributed by atoms with van der Waals surface area (Å²) in [6.45, 7) is 5.54. The summed E-state index contributed by atoms with van der Waals surface area (Å²) >= 11 is -2.17. The first kappa shape index (κ1) is 26.0. The molecule has 0 bridgehead atoms. The van der Waals surface area contributed by atoms with E-state index in [4.69, 9.17) is 5.11 Å². The number of alkyl halides is 3. The summed E-state index contributed by atoms with van der Waals surface area (Å²) in [6, 6.07) is 3.76. The molecule has 8 nitrogen and oxygen atoms in total. The van der Waals surface area contributed by atoms with Crippen LogP contribution in [0.5, 0.6) is 0 Å². The average molecular weight is 504 g/mol. The molecule has 1 fully saturated rings. The van der Waals surface area contributed by atoms with E-state index in [0.717, 1.165) is 36.7 Å². The van der Waals surface area contributed by atoms with Crippen molar-refractivity contribution in [2.24, 2.45) is 0 Å². The fourth-order valence-electron chi connectivity index (χ4n) is 3.44. The van der Waals surface area contributed by atoms with Gasteiger partial charge in [0.05, 0.1) is 0 Å². The van der Waals surface area contributed by atoms with E-state index in [1.807, 2.05) is 0 Å². The molecule has 1 aliphatic heterocycles. The SMILES string of the molecule is CC(C)(C)[S@@+]([O-])N[C@](c1ccc(F)cc1)(c1cnc(N2CCN(C(=O)O)CC2)nc1)C(F)(F)F. The molecular formula is C21H25F4N5O3S. The van der Waals surface area contributed by atoms with Gasteiger partial charge in [-0.3, -0.25) is 0 Å². The molecule has 2 heterocycles. The van der Waals surface area contributed by atoms with Crippen molar-refractivity contribution in [3.8, 4) is 0 Å². The van der Waals surface area contributed by atoms with Crippen molar-refractivity contribution >= 4 is 23.4 Å². The second-order valence-corrected chi connectivity index (χ2v) is 10.7. The lowest BCUT2D eigenvalue weighted by atomic mass is 9.84. The van der Waals surface area contributed by atoms with Gasteiger partial charge in [0, 0.05) is 55.5 Å². The first-order valence-electron chi connectivity index (χ1n) is 10.3. The van der Waals surface area contributed by atoms with Crippen LogP contribution in [0.4, 0.5) is 28.3 Å². The van der Waals surface area contributed by atoms with E-state index in [1.165, 1.54) is 25.7 Å². The minimum Gasteiger partial charge on any atom is -0.598 e. The minimum atomic E-state index is -5.00. The molecule has 1 aromatic carbocycles. The largest absolute Gasteiger partial charge is 0.598 e. The highest BCUT2D eigenvalue weighted by Gasteiger charge is 2.61. The van der Waals surface area contributed by atoms with Gasteiger partial charge in [-0.05, 0) is 38.5 Å². The Morgan fingerprint density at radius 3 is 2.00 bits per heavy atom. The van der Waals surface area contributed by atoms with E-state index in [-0.39, 0.29) is 37.7 Å². The van der Waals surface area contributed by atoms with Crippen LogP contribution in [-0.2, 0) is 16.9 Å². The number of halogens is 4. The summed E-state index contributed by atoms with van der Waals surface area (Å²) in [6.07, 6.45) is -4.06. The number of nitrogens with one attached hydrogen (secondary N) is 1. The van der Waals surface area contributed by atoms with Gasteiger partial charge < -0.3 is 19.5 Å². The van der Waals surface area contributed by atoms with Crippen LogP contribution in [0.1, 0.15) is 31.9 Å². The van der Waals surface area contributed by atoms with E-state index in [9.17, 15) is 26.9 Å². The number of rotatable bonds is 5. The van der Waals surface area contributed by atoms with Gasteiger partial charge in [0.1, 0.15) is 10.6 Å². The predicted molar refractivity (Wildman–Crippen MR) is 118 cm³/mol. The number of piperazine rings is 1. The molecule has 0 spiro atoms. The van der Waals surface area contributed by atoms with Crippen LogP contribution in [-0.4, -0.2) is 67.7 Å². The number of amides is 1. The molecule has 34 heavy (non-hydrogen) atoms. The van der Waals surface area contributed by atoms with Crippen molar-refractivity contribution in [1.29, 1.82) is 0 Å². The Balaban J connectivity index is 2.04. The van der Waals surface area contributed by atoms with Gasteiger partial charge in [-0.25, -0.2) is 19.2 Å². The van der Waals surface area contributed by atoms with Crippen LogP contribution < -0.4 is 9.62 Å². The molecule has 0 radical (unpaired) electrons. The van der Waals surface area contributed by atoms with E-state index in [1.54, 1.807) is 4.90 Å². The normalized spacial score (nSPS) is 17.9. The molecule has 0 saturated carbocycles. The standard InChI is InChI=1S/C21H25F4N5O3S/c1-19(2,3)34(33)28-20(21(23,24)25,14-4-6-16(22)7-5-14)15-12-26-17(27-13-15)29-8-10-30(11-9-29)18(31)32/h4-7,12-13,28H,8-11H2,1-3H3,(H,31,32)/t20-,34-/m1/s1. The molecule has 0 unspecified atom stereocenters. The van der Waals surface area contributed by atoms with Crippen molar-refractivity contribution < 1.29 is 32.0 Å². The summed E-state index contributed by atoms with van der Waals surface area (Å²) in [4.78, 5) is 22.2. The second kappa shape index (κ2) is 9.55. The molecule has 1 saturated heterocycles. The maximum absolute atomic E-state index is 14.8. The average Bonchev–Trinajstić information content (AvgIpc) is 2.76. The Labute approximate surface area is 197 Å². The van der Waals surface area contributed by atoms with Crippen LogP contribution in [0.2, 0.25) is 0 Å². The van der Waals surface area contributed by atoms with Gasteiger partial charge in [0.15, 0.2) is 0 Å². The molecule has 2 N–H and O–H groups in total.